The molecule has 1 heterocycles. The van der Waals surface area contributed by atoms with E-state index in [1.165, 1.54) is 0 Å². The molecule has 23 heavy (non-hydrogen) atoms. The molecule has 1 unspecified atom stereocenters. The van der Waals surface area contributed by atoms with Gasteiger partial charge >= 0.3 is 0 Å². The van der Waals surface area contributed by atoms with Crippen molar-refractivity contribution in [2.75, 3.05) is 13.1 Å². The first-order valence-corrected chi connectivity index (χ1v) is 8.20. The Morgan fingerprint density at radius 2 is 2.04 bits per heavy atom. The molecular weight excluding hydrogens is 332 g/mol. The lowest BCUT2D eigenvalue weighted by Crippen LogP contribution is -2.47. The summed E-state index contributed by atoms with van der Waals surface area (Å²) in [4.78, 5) is 22.0. The number of benzene rings is 1. The topological polar surface area (TPSA) is 110 Å². The van der Waals surface area contributed by atoms with Gasteiger partial charge < -0.3 is 11.1 Å². The summed E-state index contributed by atoms with van der Waals surface area (Å²) in [7, 11) is -4.30. The van der Waals surface area contributed by atoms with E-state index in [0.717, 1.165) is 16.4 Å². The summed E-state index contributed by atoms with van der Waals surface area (Å²) in [6.07, 6.45) is 0.628. The fourth-order valence-electron chi connectivity index (χ4n) is 2.39. The van der Waals surface area contributed by atoms with Gasteiger partial charge in [0, 0.05) is 12.6 Å². The Morgan fingerprint density at radius 3 is 2.65 bits per heavy atom. The number of halogens is 2. The van der Waals surface area contributed by atoms with Gasteiger partial charge in [-0.25, -0.2) is 17.2 Å². The average Bonchev–Trinajstić information content (AvgIpc) is 2.94. The summed E-state index contributed by atoms with van der Waals surface area (Å²) in [6, 6.07) is 1.04. The minimum Gasteiger partial charge on any atom is -0.368 e. The zero-order valence-electron chi connectivity index (χ0n) is 12.0. The second-order valence-electron chi connectivity index (χ2n) is 5.03. The number of carbonyl (C=O) groups excluding carboxylic acids is 2. The van der Waals surface area contributed by atoms with Crippen LogP contribution in [0.5, 0.6) is 0 Å². The van der Waals surface area contributed by atoms with Gasteiger partial charge in [-0.15, -0.1) is 0 Å². The quantitative estimate of drug-likeness (QED) is 0.763. The number of hydrogen-bond acceptors (Lipinski definition) is 4. The zero-order valence-corrected chi connectivity index (χ0v) is 12.8. The summed E-state index contributed by atoms with van der Waals surface area (Å²) in [5.41, 5.74) is 4.91. The fourth-order valence-corrected chi connectivity index (χ4v) is 4.10. The van der Waals surface area contributed by atoms with Crippen molar-refractivity contribution in [3.05, 3.63) is 29.8 Å². The molecule has 0 aromatic heterocycles. The minimum absolute atomic E-state index is 0.0216. The molecule has 0 saturated carbocycles. The highest BCUT2D eigenvalue weighted by atomic mass is 32.2. The van der Waals surface area contributed by atoms with E-state index in [1.54, 1.807) is 0 Å². The van der Waals surface area contributed by atoms with Crippen LogP contribution in [0.4, 0.5) is 8.78 Å². The van der Waals surface area contributed by atoms with Crippen LogP contribution >= 0.6 is 0 Å². The molecule has 7 nitrogen and oxygen atoms in total. The van der Waals surface area contributed by atoms with Crippen molar-refractivity contribution in [1.29, 1.82) is 0 Å². The van der Waals surface area contributed by atoms with Crippen molar-refractivity contribution >= 4 is 21.8 Å². The Labute approximate surface area is 131 Å². The van der Waals surface area contributed by atoms with E-state index in [1.807, 2.05) is 0 Å². The van der Waals surface area contributed by atoms with Gasteiger partial charge in [0.25, 0.3) is 0 Å². The van der Waals surface area contributed by atoms with E-state index in [9.17, 15) is 26.8 Å². The minimum atomic E-state index is -4.30. The Hall–Kier alpha value is -2.07. The molecule has 1 aliphatic heterocycles. The molecule has 3 N–H and O–H groups in total. The van der Waals surface area contributed by atoms with Gasteiger partial charge in [-0.2, -0.15) is 4.31 Å². The monoisotopic (exact) mass is 347 g/mol. The number of carbonyl (C=O) groups is 2. The van der Waals surface area contributed by atoms with Crippen LogP contribution in [-0.2, 0) is 19.6 Å². The first-order valence-electron chi connectivity index (χ1n) is 6.76. The summed E-state index contributed by atoms with van der Waals surface area (Å²) in [6.45, 7) is -0.401. The standard InChI is InChI=1S/C13H15F2N3O4S/c14-8-3-4-11(9(15)6-8)23(21,22)18-5-1-2-10(18)13(20)17-7-12(16)19/h3-4,6,10H,1-2,5,7H2,(H2,16,19)(H,17,20). The number of nitrogens with two attached hydrogens (primary N) is 1. The Balaban J connectivity index is 2.27. The largest absolute Gasteiger partial charge is 0.368 e. The van der Waals surface area contributed by atoms with Gasteiger partial charge in [0.2, 0.25) is 21.8 Å². The molecule has 10 heteroatoms. The third kappa shape index (κ3) is 3.64. The maximum Gasteiger partial charge on any atom is 0.246 e. The molecule has 2 rings (SSSR count). The van der Waals surface area contributed by atoms with Crippen LogP contribution in [-0.4, -0.2) is 43.7 Å². The number of hydrogen-bond donors (Lipinski definition) is 2. The number of nitrogens with zero attached hydrogens (tertiary/aromatic N) is 1. The molecule has 0 spiro atoms. The second kappa shape index (κ2) is 6.59. The molecule has 126 valence electrons. The van der Waals surface area contributed by atoms with Gasteiger partial charge in [-0.05, 0) is 25.0 Å². The maximum absolute atomic E-state index is 13.8. The average molecular weight is 347 g/mol. The number of amides is 2. The molecule has 1 aromatic rings. The molecule has 1 atom stereocenters. The van der Waals surface area contributed by atoms with Crippen LogP contribution in [0.3, 0.4) is 0 Å². The maximum atomic E-state index is 13.8. The second-order valence-corrected chi connectivity index (χ2v) is 6.89. The first kappa shape index (κ1) is 17.3. The van der Waals surface area contributed by atoms with Crippen LogP contribution in [0.25, 0.3) is 0 Å². The summed E-state index contributed by atoms with van der Waals surface area (Å²) < 4.78 is 52.6. The number of nitrogens with one attached hydrogen (secondary N) is 1. The summed E-state index contributed by atoms with van der Waals surface area (Å²) in [5.74, 6) is -3.59. The van der Waals surface area contributed by atoms with Crippen LogP contribution in [0, 0.1) is 11.6 Å². The molecule has 1 aromatic carbocycles. The lowest BCUT2D eigenvalue weighted by Gasteiger charge is -2.23. The van der Waals surface area contributed by atoms with E-state index in [2.05, 4.69) is 5.32 Å². The van der Waals surface area contributed by atoms with Crippen LogP contribution in [0.1, 0.15) is 12.8 Å². The predicted octanol–water partition coefficient (Wildman–Crippen LogP) is -0.281. The zero-order chi connectivity index (χ0) is 17.2. The van der Waals surface area contributed by atoms with Crippen LogP contribution in [0.2, 0.25) is 0 Å². The molecule has 2 amide bonds. The molecule has 0 bridgehead atoms. The fraction of sp³-hybridized carbons (Fsp3) is 0.385. The Bertz CT molecular complexity index is 739. The van der Waals surface area contributed by atoms with E-state index >= 15 is 0 Å². The number of rotatable bonds is 5. The van der Waals surface area contributed by atoms with Crippen LogP contribution < -0.4 is 11.1 Å². The third-order valence-electron chi connectivity index (χ3n) is 3.42. The SMILES string of the molecule is NC(=O)CNC(=O)C1CCCN1S(=O)(=O)c1ccc(F)cc1F. The molecule has 1 fully saturated rings. The van der Waals surface area contributed by atoms with Crippen molar-refractivity contribution in [1.82, 2.24) is 9.62 Å². The van der Waals surface area contributed by atoms with E-state index in [-0.39, 0.29) is 13.0 Å². The van der Waals surface area contributed by atoms with E-state index < -0.39 is 51.0 Å². The molecule has 0 aliphatic carbocycles. The smallest absolute Gasteiger partial charge is 0.246 e. The van der Waals surface area contributed by atoms with Crippen LogP contribution in [0.15, 0.2) is 23.1 Å². The number of primary amides is 1. The summed E-state index contributed by atoms with van der Waals surface area (Å²) >= 11 is 0. The molecular formula is C13H15F2N3O4S. The van der Waals surface area contributed by atoms with Gasteiger partial charge in [-0.1, -0.05) is 0 Å². The van der Waals surface area contributed by atoms with Gasteiger partial charge in [0.15, 0.2) is 0 Å². The Morgan fingerprint density at radius 1 is 1.35 bits per heavy atom. The number of sulfonamides is 1. The molecule has 1 saturated heterocycles. The highest BCUT2D eigenvalue weighted by Gasteiger charge is 2.40. The van der Waals surface area contributed by atoms with Crippen molar-refractivity contribution < 1.29 is 26.8 Å². The van der Waals surface area contributed by atoms with Gasteiger partial charge in [0.05, 0.1) is 6.54 Å². The predicted molar refractivity (Wildman–Crippen MR) is 75.5 cm³/mol. The molecule has 0 radical (unpaired) electrons. The van der Waals surface area contributed by atoms with Crippen molar-refractivity contribution in [2.45, 2.75) is 23.8 Å². The lowest BCUT2D eigenvalue weighted by molar-refractivity contribution is -0.127. The first-order chi connectivity index (χ1) is 10.7. The van der Waals surface area contributed by atoms with E-state index in [0.29, 0.717) is 12.5 Å². The van der Waals surface area contributed by atoms with Crippen molar-refractivity contribution in [3.63, 3.8) is 0 Å². The van der Waals surface area contributed by atoms with Gasteiger partial charge in [-0.3, -0.25) is 9.59 Å². The normalized spacial score (nSPS) is 18.8. The van der Waals surface area contributed by atoms with E-state index in [4.69, 9.17) is 5.73 Å². The molecule has 1 aliphatic rings. The van der Waals surface area contributed by atoms with Crippen molar-refractivity contribution in [3.8, 4) is 0 Å². The highest BCUT2D eigenvalue weighted by molar-refractivity contribution is 7.89. The highest BCUT2D eigenvalue weighted by Crippen LogP contribution is 2.27. The summed E-state index contributed by atoms with van der Waals surface area (Å²) in [5, 5.41) is 2.23. The Kier molecular flexibility index (Phi) is 4.95. The van der Waals surface area contributed by atoms with Crippen molar-refractivity contribution in [2.24, 2.45) is 5.73 Å². The van der Waals surface area contributed by atoms with Gasteiger partial charge in [0.1, 0.15) is 22.6 Å². The lowest BCUT2D eigenvalue weighted by atomic mass is 10.2. The third-order valence-corrected chi connectivity index (χ3v) is 5.37.